The van der Waals surface area contributed by atoms with Gasteiger partial charge in [-0.3, -0.25) is 4.79 Å². The molecule has 1 unspecified atom stereocenters. The molecule has 0 aliphatic carbocycles. The van der Waals surface area contributed by atoms with E-state index in [1.165, 1.54) is 0 Å². The van der Waals surface area contributed by atoms with Crippen LogP contribution in [0.15, 0.2) is 35.0 Å². The molecule has 2 aromatic heterocycles. The Morgan fingerprint density at radius 3 is 3.00 bits per heavy atom. The number of hydrogen-bond donors (Lipinski definition) is 0. The van der Waals surface area contributed by atoms with Crippen molar-refractivity contribution in [2.24, 2.45) is 0 Å². The number of nitrogens with zero attached hydrogens (tertiary/aromatic N) is 2. The SMILES string of the molecule is Cc1csc(C2CN(C(=O)c3csc4ccccc34)CCO2)n1. The molecule has 3 heterocycles. The van der Waals surface area contributed by atoms with Gasteiger partial charge in [-0.1, -0.05) is 18.2 Å². The number of ether oxygens (including phenoxy) is 1. The van der Waals surface area contributed by atoms with Gasteiger partial charge in [-0.25, -0.2) is 4.98 Å². The van der Waals surface area contributed by atoms with Gasteiger partial charge in [0.05, 0.1) is 18.7 Å². The highest BCUT2D eigenvalue weighted by Crippen LogP contribution is 2.29. The molecule has 118 valence electrons. The molecule has 23 heavy (non-hydrogen) atoms. The molecule has 0 saturated carbocycles. The zero-order valence-electron chi connectivity index (χ0n) is 12.7. The summed E-state index contributed by atoms with van der Waals surface area (Å²) in [6.45, 7) is 3.72. The highest BCUT2D eigenvalue weighted by atomic mass is 32.1. The maximum Gasteiger partial charge on any atom is 0.255 e. The first-order valence-corrected chi connectivity index (χ1v) is 9.27. The second-order valence-corrected chi connectivity index (χ2v) is 7.38. The fourth-order valence-electron chi connectivity index (χ4n) is 2.82. The summed E-state index contributed by atoms with van der Waals surface area (Å²) in [7, 11) is 0. The Bertz CT molecular complexity index is 855. The lowest BCUT2D eigenvalue weighted by Gasteiger charge is -2.32. The highest BCUT2D eigenvalue weighted by molar-refractivity contribution is 7.17. The zero-order valence-corrected chi connectivity index (χ0v) is 14.3. The molecule has 0 radical (unpaired) electrons. The van der Waals surface area contributed by atoms with Crippen LogP contribution >= 0.6 is 22.7 Å². The molecule has 1 saturated heterocycles. The lowest BCUT2D eigenvalue weighted by atomic mass is 10.1. The normalized spacial score (nSPS) is 18.5. The fraction of sp³-hybridized carbons (Fsp3) is 0.294. The number of aryl methyl sites for hydroxylation is 1. The zero-order chi connectivity index (χ0) is 15.8. The highest BCUT2D eigenvalue weighted by Gasteiger charge is 2.28. The van der Waals surface area contributed by atoms with Crippen molar-refractivity contribution >= 4 is 38.7 Å². The second-order valence-electron chi connectivity index (χ2n) is 5.58. The number of carbonyl (C=O) groups is 1. The molecule has 4 rings (SSSR count). The number of morpholine rings is 1. The number of carbonyl (C=O) groups excluding carboxylic acids is 1. The Balaban J connectivity index is 1.58. The fourth-order valence-corrected chi connectivity index (χ4v) is 4.59. The van der Waals surface area contributed by atoms with Gasteiger partial charge in [0.2, 0.25) is 0 Å². The van der Waals surface area contributed by atoms with Crippen molar-refractivity contribution in [2.75, 3.05) is 19.7 Å². The van der Waals surface area contributed by atoms with E-state index in [1.807, 2.05) is 40.8 Å². The molecule has 6 heteroatoms. The predicted molar refractivity (Wildman–Crippen MR) is 93.3 cm³/mol. The molecule has 1 aliphatic rings. The minimum absolute atomic E-state index is 0.0871. The maximum absolute atomic E-state index is 12.9. The quantitative estimate of drug-likeness (QED) is 0.708. The summed E-state index contributed by atoms with van der Waals surface area (Å²) in [4.78, 5) is 19.3. The van der Waals surface area contributed by atoms with Crippen LogP contribution < -0.4 is 0 Å². The largest absolute Gasteiger partial charge is 0.367 e. The van der Waals surface area contributed by atoms with Crippen LogP contribution in [0.4, 0.5) is 0 Å². The molecule has 1 aromatic carbocycles. The smallest absolute Gasteiger partial charge is 0.255 e. The number of amides is 1. The Morgan fingerprint density at radius 1 is 1.30 bits per heavy atom. The molecule has 0 bridgehead atoms. The van der Waals surface area contributed by atoms with Crippen molar-refractivity contribution < 1.29 is 9.53 Å². The van der Waals surface area contributed by atoms with Crippen LogP contribution in [0.1, 0.15) is 27.2 Å². The lowest BCUT2D eigenvalue weighted by Crippen LogP contribution is -2.42. The lowest BCUT2D eigenvalue weighted by molar-refractivity contribution is -0.0228. The molecule has 3 aromatic rings. The first-order chi connectivity index (χ1) is 11.2. The summed E-state index contributed by atoms with van der Waals surface area (Å²) in [5, 5.41) is 5.97. The van der Waals surface area contributed by atoms with E-state index in [4.69, 9.17) is 4.74 Å². The van der Waals surface area contributed by atoms with Gasteiger partial charge >= 0.3 is 0 Å². The third kappa shape index (κ3) is 2.78. The van der Waals surface area contributed by atoms with Gasteiger partial charge in [-0.15, -0.1) is 22.7 Å². The Hall–Kier alpha value is -1.76. The first-order valence-electron chi connectivity index (χ1n) is 7.51. The van der Waals surface area contributed by atoms with Gasteiger partial charge in [-0.05, 0) is 13.0 Å². The van der Waals surface area contributed by atoms with Gasteiger partial charge in [0.25, 0.3) is 5.91 Å². The van der Waals surface area contributed by atoms with E-state index in [0.29, 0.717) is 19.7 Å². The number of aromatic nitrogens is 1. The Labute approximate surface area is 142 Å². The summed E-state index contributed by atoms with van der Waals surface area (Å²) < 4.78 is 6.97. The Morgan fingerprint density at radius 2 is 2.17 bits per heavy atom. The summed E-state index contributed by atoms with van der Waals surface area (Å²) in [6, 6.07) is 8.05. The molecular weight excluding hydrogens is 328 g/mol. The van der Waals surface area contributed by atoms with E-state index in [1.54, 1.807) is 22.7 Å². The topological polar surface area (TPSA) is 42.4 Å². The van der Waals surface area contributed by atoms with Gasteiger partial charge in [-0.2, -0.15) is 0 Å². The molecule has 4 nitrogen and oxygen atoms in total. The van der Waals surface area contributed by atoms with Crippen molar-refractivity contribution in [2.45, 2.75) is 13.0 Å². The van der Waals surface area contributed by atoms with Crippen molar-refractivity contribution in [3.05, 3.63) is 51.3 Å². The summed E-state index contributed by atoms with van der Waals surface area (Å²) >= 11 is 3.22. The first kappa shape index (κ1) is 14.8. The molecule has 1 fully saturated rings. The van der Waals surface area contributed by atoms with Crippen molar-refractivity contribution in [3.8, 4) is 0 Å². The summed E-state index contributed by atoms with van der Waals surface area (Å²) in [5.74, 6) is 0.0871. The van der Waals surface area contributed by atoms with Crippen LogP contribution in [0.2, 0.25) is 0 Å². The van der Waals surface area contributed by atoms with E-state index in [0.717, 1.165) is 26.4 Å². The molecule has 0 N–H and O–H groups in total. The minimum Gasteiger partial charge on any atom is -0.367 e. The van der Waals surface area contributed by atoms with Crippen LogP contribution in [0.5, 0.6) is 0 Å². The predicted octanol–water partition coefficient (Wildman–Crippen LogP) is 3.88. The molecule has 1 amide bonds. The monoisotopic (exact) mass is 344 g/mol. The number of thiazole rings is 1. The number of rotatable bonds is 2. The van der Waals surface area contributed by atoms with E-state index >= 15 is 0 Å². The van der Waals surface area contributed by atoms with Gasteiger partial charge < -0.3 is 9.64 Å². The van der Waals surface area contributed by atoms with Crippen LogP contribution in [0, 0.1) is 6.92 Å². The van der Waals surface area contributed by atoms with Crippen LogP contribution in [-0.2, 0) is 4.74 Å². The number of benzene rings is 1. The van der Waals surface area contributed by atoms with E-state index in [2.05, 4.69) is 11.1 Å². The minimum atomic E-state index is -0.115. The van der Waals surface area contributed by atoms with E-state index in [9.17, 15) is 4.79 Å². The average Bonchev–Trinajstić information content (AvgIpc) is 3.20. The van der Waals surface area contributed by atoms with Crippen molar-refractivity contribution in [3.63, 3.8) is 0 Å². The number of thiophene rings is 1. The van der Waals surface area contributed by atoms with Crippen LogP contribution in [0.25, 0.3) is 10.1 Å². The number of fused-ring (bicyclic) bond motifs is 1. The molecule has 0 spiro atoms. The van der Waals surface area contributed by atoms with Gasteiger partial charge in [0.1, 0.15) is 11.1 Å². The van der Waals surface area contributed by atoms with Crippen molar-refractivity contribution in [1.29, 1.82) is 0 Å². The molecule has 1 atom stereocenters. The molecular formula is C17H16N2O2S2. The van der Waals surface area contributed by atoms with Gasteiger partial charge in [0, 0.05) is 33.1 Å². The molecule has 1 aliphatic heterocycles. The average molecular weight is 344 g/mol. The van der Waals surface area contributed by atoms with Crippen LogP contribution in [-0.4, -0.2) is 35.5 Å². The number of hydrogen-bond acceptors (Lipinski definition) is 5. The second kappa shape index (κ2) is 6.03. The van der Waals surface area contributed by atoms with Crippen LogP contribution in [0.3, 0.4) is 0 Å². The third-order valence-corrected chi connectivity index (χ3v) is 6.00. The third-order valence-electron chi connectivity index (χ3n) is 3.98. The van der Waals surface area contributed by atoms with Gasteiger partial charge in [0.15, 0.2) is 0 Å². The van der Waals surface area contributed by atoms with E-state index < -0.39 is 0 Å². The van der Waals surface area contributed by atoms with E-state index in [-0.39, 0.29) is 12.0 Å². The maximum atomic E-state index is 12.9. The van der Waals surface area contributed by atoms with Crippen molar-refractivity contribution in [1.82, 2.24) is 9.88 Å². The Kier molecular flexibility index (Phi) is 3.88. The standard InChI is InChI=1S/C17H16N2O2S2/c1-11-9-23-16(18-11)14-8-19(6-7-21-14)17(20)13-10-22-15-5-3-2-4-12(13)15/h2-5,9-10,14H,6-8H2,1H3. The summed E-state index contributed by atoms with van der Waals surface area (Å²) in [6.07, 6.45) is -0.115. The summed E-state index contributed by atoms with van der Waals surface area (Å²) in [5.41, 5.74) is 1.79.